The number of halogens is 1. The molecule has 0 saturated carbocycles. The second kappa shape index (κ2) is 8.62. The van der Waals surface area contributed by atoms with Crippen LogP contribution in [0.2, 0.25) is 5.15 Å². The zero-order valence-electron chi connectivity index (χ0n) is 17.4. The number of benzene rings is 1. The van der Waals surface area contributed by atoms with E-state index in [9.17, 15) is 13.2 Å². The van der Waals surface area contributed by atoms with Gasteiger partial charge in [-0.1, -0.05) is 17.7 Å². The van der Waals surface area contributed by atoms with Crippen molar-refractivity contribution in [3.8, 4) is 0 Å². The van der Waals surface area contributed by atoms with Crippen LogP contribution in [-0.4, -0.2) is 59.1 Å². The maximum Gasteiger partial charge on any atom is 0.246 e. The molecule has 2 aliphatic rings. The fourth-order valence-corrected chi connectivity index (χ4v) is 6.83. The molecule has 0 atom stereocenters. The molecule has 1 fully saturated rings. The number of rotatable bonds is 4. The van der Waals surface area contributed by atoms with E-state index in [1.54, 1.807) is 17.0 Å². The number of aryl methyl sites for hydroxylation is 2. The summed E-state index contributed by atoms with van der Waals surface area (Å²) in [6.45, 7) is 1.26. The van der Waals surface area contributed by atoms with Crippen LogP contribution in [0.1, 0.15) is 29.7 Å². The number of carbonyl (C=O) groups is 1. The minimum absolute atomic E-state index is 0.169. The van der Waals surface area contributed by atoms with Gasteiger partial charge in [0.1, 0.15) is 0 Å². The molecule has 3 heterocycles. The Labute approximate surface area is 196 Å². The first kappa shape index (κ1) is 21.6. The molecule has 0 unspecified atom stereocenters. The van der Waals surface area contributed by atoms with E-state index in [0.717, 1.165) is 36.2 Å². The third-order valence-electron chi connectivity index (χ3n) is 6.15. The third-order valence-corrected chi connectivity index (χ3v) is 9.08. The summed E-state index contributed by atoms with van der Waals surface area (Å²) >= 11 is 7.64. The van der Waals surface area contributed by atoms with E-state index in [4.69, 9.17) is 11.6 Å². The van der Waals surface area contributed by atoms with Crippen LogP contribution >= 0.6 is 22.9 Å². The maximum atomic E-state index is 13.2. The van der Waals surface area contributed by atoms with Crippen LogP contribution in [0, 0.1) is 0 Å². The average molecular weight is 491 g/mol. The highest BCUT2D eigenvalue weighted by Crippen LogP contribution is 2.26. The van der Waals surface area contributed by atoms with Crippen LogP contribution < -0.4 is 0 Å². The molecule has 32 heavy (non-hydrogen) atoms. The largest absolute Gasteiger partial charge is 0.337 e. The molecule has 168 valence electrons. The SMILES string of the molecule is O=C(/C=C/c1c(Cl)nc2sccn12)N1CCN(S(=O)(=O)c2ccc3c(c2)CCCC3)CC1. The lowest BCUT2D eigenvalue weighted by Gasteiger charge is -2.33. The molecule has 0 radical (unpaired) electrons. The summed E-state index contributed by atoms with van der Waals surface area (Å²) in [5.74, 6) is -0.169. The normalized spacial score (nSPS) is 17.8. The van der Waals surface area contributed by atoms with E-state index in [0.29, 0.717) is 28.8 Å². The quantitative estimate of drug-likeness (QED) is 0.525. The average Bonchev–Trinajstić information content (AvgIpc) is 3.38. The van der Waals surface area contributed by atoms with Crippen molar-refractivity contribution in [2.75, 3.05) is 26.2 Å². The van der Waals surface area contributed by atoms with Crippen molar-refractivity contribution in [2.24, 2.45) is 0 Å². The lowest BCUT2D eigenvalue weighted by Crippen LogP contribution is -2.50. The van der Waals surface area contributed by atoms with E-state index in [2.05, 4.69) is 4.98 Å². The fraction of sp³-hybridized carbons (Fsp3) is 0.364. The van der Waals surface area contributed by atoms with Gasteiger partial charge in [0.05, 0.1) is 10.6 Å². The Kier molecular flexibility index (Phi) is 5.83. The van der Waals surface area contributed by atoms with Crippen molar-refractivity contribution >= 4 is 49.9 Å². The minimum Gasteiger partial charge on any atom is -0.337 e. The van der Waals surface area contributed by atoms with Crippen LogP contribution in [0.5, 0.6) is 0 Å². The molecule has 1 aromatic carbocycles. The number of piperazine rings is 1. The van der Waals surface area contributed by atoms with Crippen LogP contribution in [0.25, 0.3) is 11.0 Å². The van der Waals surface area contributed by atoms with E-state index in [-0.39, 0.29) is 19.0 Å². The molecule has 0 spiro atoms. The zero-order chi connectivity index (χ0) is 22.3. The monoisotopic (exact) mass is 490 g/mol. The molecular weight excluding hydrogens is 468 g/mol. The van der Waals surface area contributed by atoms with E-state index >= 15 is 0 Å². The highest BCUT2D eigenvalue weighted by molar-refractivity contribution is 7.89. The summed E-state index contributed by atoms with van der Waals surface area (Å²) in [6.07, 6.45) is 9.21. The summed E-state index contributed by atoms with van der Waals surface area (Å²) in [7, 11) is -3.57. The van der Waals surface area contributed by atoms with Gasteiger partial charge >= 0.3 is 0 Å². The predicted octanol–water partition coefficient (Wildman–Crippen LogP) is 3.47. The molecule has 1 aliphatic heterocycles. The third kappa shape index (κ3) is 3.98. The second-order valence-electron chi connectivity index (χ2n) is 8.04. The van der Waals surface area contributed by atoms with E-state index in [1.807, 2.05) is 28.1 Å². The molecule has 1 aliphatic carbocycles. The van der Waals surface area contributed by atoms with Crippen molar-refractivity contribution in [3.05, 3.63) is 57.8 Å². The number of aromatic nitrogens is 2. The molecule has 2 aromatic heterocycles. The minimum atomic E-state index is -3.57. The van der Waals surface area contributed by atoms with E-state index in [1.165, 1.54) is 27.3 Å². The molecule has 0 N–H and O–H groups in total. The summed E-state index contributed by atoms with van der Waals surface area (Å²) in [6, 6.07) is 5.52. The van der Waals surface area contributed by atoms with Crippen molar-refractivity contribution in [1.82, 2.24) is 18.6 Å². The Bertz CT molecular complexity index is 1300. The van der Waals surface area contributed by atoms with Gasteiger partial charge in [0, 0.05) is 43.8 Å². The van der Waals surface area contributed by atoms with Gasteiger partial charge in [0.25, 0.3) is 0 Å². The van der Waals surface area contributed by atoms with Crippen molar-refractivity contribution in [2.45, 2.75) is 30.6 Å². The highest BCUT2D eigenvalue weighted by atomic mass is 35.5. The molecule has 5 rings (SSSR count). The standard InChI is InChI=1S/C22H23ClN4O3S2/c23-21-19(27-13-14-31-22(27)24-21)7-8-20(28)25-9-11-26(12-10-25)32(29,30)18-6-5-16-3-1-2-4-17(16)15-18/h5-8,13-15H,1-4,9-12H2/b8-7+. The first-order chi connectivity index (χ1) is 15.4. The number of imidazole rings is 1. The molecule has 1 amide bonds. The smallest absolute Gasteiger partial charge is 0.246 e. The lowest BCUT2D eigenvalue weighted by atomic mass is 9.92. The van der Waals surface area contributed by atoms with Gasteiger partial charge < -0.3 is 4.90 Å². The van der Waals surface area contributed by atoms with Gasteiger partial charge in [-0.25, -0.2) is 13.4 Å². The van der Waals surface area contributed by atoms with E-state index < -0.39 is 10.0 Å². The Morgan fingerprint density at radius 1 is 1.09 bits per heavy atom. The van der Waals surface area contributed by atoms with Crippen LogP contribution in [0.3, 0.4) is 0 Å². The van der Waals surface area contributed by atoms with Crippen molar-refractivity contribution in [1.29, 1.82) is 0 Å². The van der Waals surface area contributed by atoms with Crippen LogP contribution in [0.4, 0.5) is 0 Å². The number of thiazole rings is 1. The number of carbonyl (C=O) groups excluding carboxylic acids is 1. The number of amides is 1. The summed E-state index contributed by atoms with van der Waals surface area (Å²) < 4.78 is 29.6. The Morgan fingerprint density at radius 3 is 2.62 bits per heavy atom. The summed E-state index contributed by atoms with van der Waals surface area (Å²) in [5.41, 5.74) is 3.06. The van der Waals surface area contributed by atoms with Gasteiger partial charge in [0.2, 0.25) is 15.9 Å². The zero-order valence-corrected chi connectivity index (χ0v) is 19.8. The number of hydrogen-bond acceptors (Lipinski definition) is 5. The number of fused-ring (bicyclic) bond motifs is 2. The van der Waals surface area contributed by atoms with Gasteiger partial charge in [-0.05, 0) is 55.0 Å². The summed E-state index contributed by atoms with van der Waals surface area (Å²) in [5, 5.41) is 2.25. The Hall–Kier alpha value is -2.20. The summed E-state index contributed by atoms with van der Waals surface area (Å²) in [4.78, 5) is 19.7. The second-order valence-corrected chi connectivity index (χ2v) is 11.2. The maximum absolute atomic E-state index is 13.2. The Morgan fingerprint density at radius 2 is 1.84 bits per heavy atom. The first-order valence-corrected chi connectivity index (χ1v) is 13.3. The van der Waals surface area contributed by atoms with Crippen LogP contribution in [0.15, 0.2) is 40.7 Å². The topological polar surface area (TPSA) is 75.0 Å². The molecular formula is C22H23ClN4O3S2. The number of hydrogen-bond donors (Lipinski definition) is 0. The van der Waals surface area contributed by atoms with Gasteiger partial charge in [-0.15, -0.1) is 11.3 Å². The number of nitrogens with zero attached hydrogens (tertiary/aromatic N) is 4. The molecule has 10 heteroatoms. The van der Waals surface area contributed by atoms with Gasteiger partial charge in [0.15, 0.2) is 10.1 Å². The molecule has 1 saturated heterocycles. The lowest BCUT2D eigenvalue weighted by molar-refractivity contribution is -0.127. The Balaban J connectivity index is 1.25. The predicted molar refractivity (Wildman–Crippen MR) is 126 cm³/mol. The van der Waals surface area contributed by atoms with Crippen molar-refractivity contribution < 1.29 is 13.2 Å². The highest BCUT2D eigenvalue weighted by Gasteiger charge is 2.30. The van der Waals surface area contributed by atoms with Gasteiger partial charge in [-0.3, -0.25) is 9.20 Å². The first-order valence-electron chi connectivity index (χ1n) is 10.6. The molecule has 7 nitrogen and oxygen atoms in total. The van der Waals surface area contributed by atoms with Crippen LogP contribution in [-0.2, 0) is 27.7 Å². The molecule has 0 bridgehead atoms. The molecule has 3 aromatic rings. The fourth-order valence-electron chi connectivity index (χ4n) is 4.35. The van der Waals surface area contributed by atoms with Crippen molar-refractivity contribution in [3.63, 3.8) is 0 Å². The van der Waals surface area contributed by atoms with Gasteiger partial charge in [-0.2, -0.15) is 4.31 Å². The number of sulfonamides is 1.